The highest BCUT2D eigenvalue weighted by atomic mass is 32.2. The number of hydrogen-bond acceptors (Lipinski definition) is 5. The Morgan fingerprint density at radius 1 is 0.667 bits per heavy atom. The number of hydrogen-bond donors (Lipinski definition) is 2. The molecular weight excluding hydrogens is 552 g/mol. The van der Waals surface area contributed by atoms with Crippen molar-refractivity contribution in [2.24, 2.45) is 5.41 Å². The standard InChI is InChI=1S/C34H58O7S/c1-4-7-24-34(25-8-5-2,26-9-6-3)27-19-17-15-13-11-10-12-14-16-18-20-28-41-33(37)30-23-21-22-29(32(35)36)31(30)42(38,39)40/h21-23H,4-20,24-28H2,1-3H3,(H,35,36)(H,38,39,40). The fourth-order valence-electron chi connectivity index (χ4n) is 5.99. The van der Waals surface area contributed by atoms with E-state index in [1.54, 1.807) is 0 Å². The van der Waals surface area contributed by atoms with Gasteiger partial charge in [0.1, 0.15) is 4.90 Å². The normalized spacial score (nSPS) is 12.0. The van der Waals surface area contributed by atoms with Crippen molar-refractivity contribution >= 4 is 22.1 Å². The summed E-state index contributed by atoms with van der Waals surface area (Å²) in [6.07, 6.45) is 26.5. The number of carboxylic acid groups (broad SMARTS) is 1. The van der Waals surface area contributed by atoms with Gasteiger partial charge in [0, 0.05) is 0 Å². The van der Waals surface area contributed by atoms with Crippen LogP contribution in [-0.2, 0) is 14.9 Å². The molecule has 0 aliphatic rings. The van der Waals surface area contributed by atoms with Crippen molar-refractivity contribution in [3.63, 3.8) is 0 Å². The van der Waals surface area contributed by atoms with Crippen LogP contribution in [0.2, 0.25) is 0 Å². The van der Waals surface area contributed by atoms with Gasteiger partial charge in [-0.3, -0.25) is 4.55 Å². The average Bonchev–Trinajstić information content (AvgIpc) is 2.96. The summed E-state index contributed by atoms with van der Waals surface area (Å²) < 4.78 is 38.0. The van der Waals surface area contributed by atoms with Gasteiger partial charge in [0.05, 0.1) is 17.7 Å². The average molecular weight is 611 g/mol. The van der Waals surface area contributed by atoms with Crippen molar-refractivity contribution in [3.05, 3.63) is 29.3 Å². The van der Waals surface area contributed by atoms with E-state index in [1.807, 2.05) is 0 Å². The first kappa shape index (κ1) is 38.1. The van der Waals surface area contributed by atoms with Gasteiger partial charge in [-0.1, -0.05) is 130 Å². The smallest absolute Gasteiger partial charge is 0.339 e. The second-order valence-electron chi connectivity index (χ2n) is 12.0. The van der Waals surface area contributed by atoms with E-state index in [2.05, 4.69) is 20.8 Å². The third kappa shape index (κ3) is 15.0. The van der Waals surface area contributed by atoms with Crippen molar-refractivity contribution in [2.75, 3.05) is 6.61 Å². The molecule has 0 atom stereocenters. The number of esters is 1. The summed E-state index contributed by atoms with van der Waals surface area (Å²) in [4.78, 5) is 22.8. The lowest BCUT2D eigenvalue weighted by Gasteiger charge is -2.35. The topological polar surface area (TPSA) is 118 Å². The maximum atomic E-state index is 12.4. The molecule has 0 aliphatic heterocycles. The molecule has 42 heavy (non-hydrogen) atoms. The molecule has 0 radical (unpaired) electrons. The zero-order valence-corrected chi connectivity index (χ0v) is 27.4. The first-order valence-electron chi connectivity index (χ1n) is 16.6. The lowest BCUT2D eigenvalue weighted by atomic mass is 9.71. The van der Waals surface area contributed by atoms with E-state index in [9.17, 15) is 27.7 Å². The molecule has 0 aromatic heterocycles. The van der Waals surface area contributed by atoms with Crippen LogP contribution in [0.1, 0.15) is 176 Å². The zero-order valence-electron chi connectivity index (χ0n) is 26.6. The molecule has 7 nitrogen and oxygen atoms in total. The summed E-state index contributed by atoms with van der Waals surface area (Å²) in [6.45, 7) is 7.07. The van der Waals surface area contributed by atoms with Crippen molar-refractivity contribution in [3.8, 4) is 0 Å². The fourth-order valence-corrected chi connectivity index (χ4v) is 6.85. The van der Waals surface area contributed by atoms with Gasteiger partial charge in [0.2, 0.25) is 0 Å². The lowest BCUT2D eigenvalue weighted by molar-refractivity contribution is 0.0492. The predicted octanol–water partition coefficient (Wildman–Crippen LogP) is 10.0. The quantitative estimate of drug-likeness (QED) is 0.0608. The minimum Gasteiger partial charge on any atom is -0.478 e. The third-order valence-electron chi connectivity index (χ3n) is 8.49. The van der Waals surface area contributed by atoms with Gasteiger partial charge in [0.25, 0.3) is 10.1 Å². The van der Waals surface area contributed by atoms with Crippen molar-refractivity contribution in [2.45, 2.75) is 161 Å². The molecule has 0 saturated heterocycles. The molecule has 0 unspecified atom stereocenters. The van der Waals surface area contributed by atoms with Crippen molar-refractivity contribution in [1.82, 2.24) is 0 Å². The van der Waals surface area contributed by atoms with E-state index < -0.39 is 38.1 Å². The van der Waals surface area contributed by atoms with Crippen LogP contribution in [0.15, 0.2) is 23.1 Å². The third-order valence-corrected chi connectivity index (χ3v) is 9.45. The maximum Gasteiger partial charge on any atom is 0.339 e. The van der Waals surface area contributed by atoms with Gasteiger partial charge < -0.3 is 9.84 Å². The van der Waals surface area contributed by atoms with Crippen LogP contribution >= 0.6 is 0 Å². The number of rotatable bonds is 26. The Balaban J connectivity index is 2.21. The van der Waals surface area contributed by atoms with Crippen LogP contribution in [-0.4, -0.2) is 36.6 Å². The monoisotopic (exact) mass is 610 g/mol. The second-order valence-corrected chi connectivity index (χ2v) is 13.4. The summed E-state index contributed by atoms with van der Waals surface area (Å²) in [5, 5.41) is 9.20. The molecule has 1 aromatic rings. The van der Waals surface area contributed by atoms with Crippen LogP contribution in [0, 0.1) is 5.41 Å². The molecule has 0 spiro atoms. The molecule has 0 saturated carbocycles. The number of ether oxygens (including phenoxy) is 1. The van der Waals surface area contributed by atoms with Crippen molar-refractivity contribution < 1.29 is 32.4 Å². The summed E-state index contributed by atoms with van der Waals surface area (Å²) >= 11 is 0. The van der Waals surface area contributed by atoms with Gasteiger partial charge in [-0.05, 0) is 49.7 Å². The highest BCUT2D eigenvalue weighted by Gasteiger charge is 2.29. The van der Waals surface area contributed by atoms with E-state index in [0.717, 1.165) is 31.4 Å². The highest BCUT2D eigenvalue weighted by molar-refractivity contribution is 7.86. The molecule has 242 valence electrons. The van der Waals surface area contributed by atoms with Gasteiger partial charge in [-0.25, -0.2) is 9.59 Å². The molecule has 0 aliphatic carbocycles. The largest absolute Gasteiger partial charge is 0.478 e. The first-order chi connectivity index (χ1) is 20.1. The number of unbranched alkanes of at least 4 members (excludes halogenated alkanes) is 13. The van der Waals surface area contributed by atoms with Crippen LogP contribution in [0.5, 0.6) is 0 Å². The molecular formula is C34H58O7S. The summed E-state index contributed by atoms with van der Waals surface area (Å²) in [7, 11) is -4.91. The number of carbonyl (C=O) groups is 2. The predicted molar refractivity (Wildman–Crippen MR) is 170 cm³/mol. The molecule has 0 amide bonds. The lowest BCUT2D eigenvalue weighted by Crippen LogP contribution is -2.21. The van der Waals surface area contributed by atoms with Crippen molar-refractivity contribution in [1.29, 1.82) is 0 Å². The number of aromatic carboxylic acids is 1. The Labute approximate surface area is 256 Å². The van der Waals surface area contributed by atoms with Gasteiger partial charge >= 0.3 is 11.9 Å². The summed E-state index contributed by atoms with van der Waals surface area (Å²) in [6, 6.07) is 3.40. The van der Waals surface area contributed by atoms with E-state index in [1.165, 1.54) is 115 Å². The van der Waals surface area contributed by atoms with Gasteiger partial charge in [0.15, 0.2) is 0 Å². The first-order valence-corrected chi connectivity index (χ1v) is 18.1. The zero-order chi connectivity index (χ0) is 31.3. The second kappa shape index (κ2) is 21.7. The van der Waals surface area contributed by atoms with E-state index in [0.29, 0.717) is 11.8 Å². The molecule has 1 aromatic carbocycles. The van der Waals surface area contributed by atoms with E-state index in [-0.39, 0.29) is 6.61 Å². The Bertz CT molecular complexity index is 981. The number of carboxylic acids is 1. The molecule has 0 heterocycles. The van der Waals surface area contributed by atoms with Crippen LogP contribution in [0.25, 0.3) is 0 Å². The van der Waals surface area contributed by atoms with E-state index >= 15 is 0 Å². The Morgan fingerprint density at radius 2 is 1.07 bits per heavy atom. The molecule has 1 rings (SSSR count). The van der Waals surface area contributed by atoms with E-state index in [4.69, 9.17) is 4.74 Å². The number of benzene rings is 1. The molecule has 0 bridgehead atoms. The molecule has 2 N–H and O–H groups in total. The summed E-state index contributed by atoms with van der Waals surface area (Å²) in [5.74, 6) is -2.51. The minimum atomic E-state index is -4.91. The van der Waals surface area contributed by atoms with Gasteiger partial charge in [-0.15, -0.1) is 0 Å². The Morgan fingerprint density at radius 3 is 1.50 bits per heavy atom. The van der Waals surface area contributed by atoms with Crippen LogP contribution < -0.4 is 0 Å². The maximum absolute atomic E-state index is 12.4. The highest BCUT2D eigenvalue weighted by Crippen LogP contribution is 2.41. The minimum absolute atomic E-state index is 0.109. The SMILES string of the molecule is CCCCC(CCCC)(CCCC)CCCCCCCCCCCCCOC(=O)c1cccc(C(=O)O)c1S(=O)(=O)O. The van der Waals surface area contributed by atoms with Gasteiger partial charge in [-0.2, -0.15) is 8.42 Å². The fraction of sp³-hybridized carbons (Fsp3) is 0.765. The number of carbonyl (C=O) groups excluding carboxylic acids is 1. The molecule has 0 fully saturated rings. The Kier molecular flexibility index (Phi) is 19.7. The van der Waals surface area contributed by atoms with Crippen LogP contribution in [0.4, 0.5) is 0 Å². The Hall–Kier alpha value is -1.93. The van der Waals surface area contributed by atoms with Crippen LogP contribution in [0.3, 0.4) is 0 Å². The molecule has 8 heteroatoms. The summed E-state index contributed by atoms with van der Waals surface area (Å²) in [5.41, 5.74) is -0.545.